The lowest BCUT2D eigenvalue weighted by Gasteiger charge is -2.20. The fraction of sp³-hybridized carbons (Fsp3) is 0.444. The van der Waals surface area contributed by atoms with Gasteiger partial charge in [0.1, 0.15) is 17.3 Å². The van der Waals surface area contributed by atoms with Crippen LogP contribution in [0.15, 0.2) is 28.7 Å². The molecule has 0 fully saturated rings. The van der Waals surface area contributed by atoms with Crippen molar-refractivity contribution in [3.63, 3.8) is 0 Å². The summed E-state index contributed by atoms with van der Waals surface area (Å²) < 4.78 is 11.5. The molecule has 0 bridgehead atoms. The number of benzene rings is 1. The van der Waals surface area contributed by atoms with Gasteiger partial charge in [-0.3, -0.25) is 0 Å². The van der Waals surface area contributed by atoms with Crippen molar-refractivity contribution < 1.29 is 9.15 Å². The van der Waals surface area contributed by atoms with Gasteiger partial charge in [-0.2, -0.15) is 0 Å². The van der Waals surface area contributed by atoms with Crippen molar-refractivity contribution in [3.05, 3.63) is 52.5 Å². The number of hydrogen-bond acceptors (Lipinski definition) is 3. The molecule has 1 unspecified atom stereocenters. The van der Waals surface area contributed by atoms with Gasteiger partial charge in [0.05, 0.1) is 12.6 Å². The number of fused-ring (bicyclic) bond motifs is 1. The van der Waals surface area contributed by atoms with Crippen LogP contribution in [0.2, 0.25) is 0 Å². The third kappa shape index (κ3) is 2.36. The lowest BCUT2D eigenvalue weighted by atomic mass is 9.85. The average Bonchev–Trinajstić information content (AvgIpc) is 2.91. The molecule has 0 saturated heterocycles. The molecule has 112 valence electrons. The van der Waals surface area contributed by atoms with Gasteiger partial charge in [0.2, 0.25) is 0 Å². The van der Waals surface area contributed by atoms with Crippen LogP contribution < -0.4 is 10.1 Å². The number of ether oxygens (including phenoxy) is 1. The normalized spacial score (nSPS) is 17.4. The van der Waals surface area contributed by atoms with Crippen LogP contribution in [0.25, 0.3) is 0 Å². The fourth-order valence-electron chi connectivity index (χ4n) is 3.16. The largest absolute Gasteiger partial charge is 0.492 e. The van der Waals surface area contributed by atoms with Gasteiger partial charge in [-0.1, -0.05) is 19.9 Å². The number of aryl methyl sites for hydroxylation is 2. The zero-order valence-electron chi connectivity index (χ0n) is 13.4. The van der Waals surface area contributed by atoms with Crippen LogP contribution in [0.3, 0.4) is 0 Å². The summed E-state index contributed by atoms with van der Waals surface area (Å²) in [4.78, 5) is 0. The molecule has 3 nitrogen and oxygen atoms in total. The first-order chi connectivity index (χ1) is 9.92. The molecule has 1 aliphatic rings. The van der Waals surface area contributed by atoms with Gasteiger partial charge < -0.3 is 14.5 Å². The lowest BCUT2D eigenvalue weighted by Crippen LogP contribution is -2.20. The van der Waals surface area contributed by atoms with Crippen LogP contribution >= 0.6 is 0 Å². The highest BCUT2D eigenvalue weighted by molar-refractivity contribution is 5.47. The minimum Gasteiger partial charge on any atom is -0.492 e. The van der Waals surface area contributed by atoms with E-state index in [-0.39, 0.29) is 11.5 Å². The van der Waals surface area contributed by atoms with Crippen molar-refractivity contribution in [2.24, 2.45) is 0 Å². The first-order valence-electron chi connectivity index (χ1n) is 7.44. The third-order valence-corrected chi connectivity index (χ3v) is 4.33. The molecule has 1 N–H and O–H groups in total. The van der Waals surface area contributed by atoms with E-state index >= 15 is 0 Å². The smallest absolute Gasteiger partial charge is 0.123 e. The Morgan fingerprint density at radius 3 is 2.57 bits per heavy atom. The van der Waals surface area contributed by atoms with Crippen LogP contribution in [0.5, 0.6) is 5.75 Å². The summed E-state index contributed by atoms with van der Waals surface area (Å²) in [7, 11) is 1.99. The molecule has 0 saturated carbocycles. The number of furan rings is 1. The molecule has 1 aromatic carbocycles. The summed E-state index contributed by atoms with van der Waals surface area (Å²) >= 11 is 0. The van der Waals surface area contributed by atoms with E-state index < -0.39 is 0 Å². The average molecular weight is 285 g/mol. The topological polar surface area (TPSA) is 34.4 Å². The Bertz CT molecular complexity index is 670. The summed E-state index contributed by atoms with van der Waals surface area (Å²) in [6, 6.07) is 8.76. The Morgan fingerprint density at radius 2 is 1.95 bits per heavy atom. The molecule has 3 heteroatoms. The maximum absolute atomic E-state index is 5.78. The second-order valence-corrected chi connectivity index (χ2v) is 6.52. The Kier molecular flexibility index (Phi) is 3.33. The van der Waals surface area contributed by atoms with Crippen LogP contribution in [0.1, 0.15) is 48.1 Å². The predicted molar refractivity (Wildman–Crippen MR) is 84.0 cm³/mol. The minimum absolute atomic E-state index is 0.0744. The van der Waals surface area contributed by atoms with Crippen LogP contribution in [0, 0.1) is 13.8 Å². The number of rotatable bonds is 3. The highest BCUT2D eigenvalue weighted by Crippen LogP contribution is 2.40. The van der Waals surface area contributed by atoms with Crippen molar-refractivity contribution >= 4 is 0 Å². The van der Waals surface area contributed by atoms with Gasteiger partial charge in [0.15, 0.2) is 0 Å². The van der Waals surface area contributed by atoms with Crippen molar-refractivity contribution in [2.75, 3.05) is 13.7 Å². The molecular weight excluding hydrogens is 262 g/mol. The molecule has 2 heterocycles. The van der Waals surface area contributed by atoms with Gasteiger partial charge in [-0.05, 0) is 44.7 Å². The van der Waals surface area contributed by atoms with E-state index in [1.807, 2.05) is 20.9 Å². The Hall–Kier alpha value is -1.74. The van der Waals surface area contributed by atoms with E-state index in [1.165, 1.54) is 16.7 Å². The molecule has 1 aromatic heterocycles. The standard InChI is InChI=1S/C18H23NO2/c1-11-8-14(12(2)21-11)17(19-5)13-6-7-16-15(9-13)18(3,4)10-20-16/h6-9,17,19H,10H2,1-5H3. The van der Waals surface area contributed by atoms with Gasteiger partial charge in [0.25, 0.3) is 0 Å². The van der Waals surface area contributed by atoms with Crippen molar-refractivity contribution in [2.45, 2.75) is 39.2 Å². The molecular formula is C18H23NO2. The van der Waals surface area contributed by atoms with Gasteiger partial charge in [0, 0.05) is 16.5 Å². The van der Waals surface area contributed by atoms with E-state index in [2.05, 4.69) is 43.4 Å². The molecule has 1 aliphatic heterocycles. The summed E-state index contributed by atoms with van der Waals surface area (Å²) in [5, 5.41) is 3.41. The van der Waals surface area contributed by atoms with Gasteiger partial charge in [-0.15, -0.1) is 0 Å². The van der Waals surface area contributed by atoms with E-state index in [0.29, 0.717) is 0 Å². The highest BCUT2D eigenvalue weighted by atomic mass is 16.5. The Morgan fingerprint density at radius 1 is 1.19 bits per heavy atom. The summed E-state index contributed by atoms with van der Waals surface area (Å²) in [6.45, 7) is 9.21. The summed E-state index contributed by atoms with van der Waals surface area (Å²) in [5.74, 6) is 2.94. The third-order valence-electron chi connectivity index (χ3n) is 4.33. The maximum atomic E-state index is 5.78. The zero-order valence-corrected chi connectivity index (χ0v) is 13.4. The molecule has 1 atom stereocenters. The summed E-state index contributed by atoms with van der Waals surface area (Å²) in [5.41, 5.74) is 3.81. The van der Waals surface area contributed by atoms with Crippen molar-refractivity contribution in [3.8, 4) is 5.75 Å². The van der Waals surface area contributed by atoms with Crippen LogP contribution in [0.4, 0.5) is 0 Å². The van der Waals surface area contributed by atoms with Crippen LogP contribution in [-0.2, 0) is 5.41 Å². The van der Waals surface area contributed by atoms with Crippen molar-refractivity contribution in [1.82, 2.24) is 5.32 Å². The first kappa shape index (κ1) is 14.2. The second-order valence-electron chi connectivity index (χ2n) is 6.52. The maximum Gasteiger partial charge on any atom is 0.123 e. The number of hydrogen-bond donors (Lipinski definition) is 1. The molecule has 0 spiro atoms. The summed E-state index contributed by atoms with van der Waals surface area (Å²) in [6.07, 6.45) is 0. The fourth-order valence-corrected chi connectivity index (χ4v) is 3.16. The SMILES string of the molecule is CNC(c1ccc2c(c1)C(C)(C)CO2)c1cc(C)oc1C. The monoisotopic (exact) mass is 285 g/mol. The lowest BCUT2D eigenvalue weighted by molar-refractivity contribution is 0.291. The van der Waals surface area contributed by atoms with Crippen LogP contribution in [-0.4, -0.2) is 13.7 Å². The molecule has 2 aromatic rings. The molecule has 0 aliphatic carbocycles. The molecule has 0 radical (unpaired) electrons. The highest BCUT2D eigenvalue weighted by Gasteiger charge is 2.32. The second kappa shape index (κ2) is 4.92. The van der Waals surface area contributed by atoms with E-state index in [1.54, 1.807) is 0 Å². The minimum atomic E-state index is 0.0744. The molecule has 21 heavy (non-hydrogen) atoms. The quantitative estimate of drug-likeness (QED) is 0.929. The molecule has 0 amide bonds. The van der Waals surface area contributed by atoms with E-state index in [4.69, 9.17) is 9.15 Å². The predicted octanol–water partition coefficient (Wildman–Crippen LogP) is 3.88. The zero-order chi connectivity index (χ0) is 15.2. The number of nitrogens with one attached hydrogen (secondary N) is 1. The van der Waals surface area contributed by atoms with Gasteiger partial charge in [-0.25, -0.2) is 0 Å². The molecule has 3 rings (SSSR count). The van der Waals surface area contributed by atoms with E-state index in [9.17, 15) is 0 Å². The van der Waals surface area contributed by atoms with E-state index in [0.717, 1.165) is 23.9 Å². The van der Waals surface area contributed by atoms with Crippen molar-refractivity contribution in [1.29, 1.82) is 0 Å². The Balaban J connectivity index is 2.05. The Labute approximate surface area is 126 Å². The first-order valence-corrected chi connectivity index (χ1v) is 7.44. The van der Waals surface area contributed by atoms with Gasteiger partial charge >= 0.3 is 0 Å².